The van der Waals surface area contributed by atoms with Crippen molar-refractivity contribution < 1.29 is 18.8 Å². The molecule has 0 fully saturated rings. The zero-order valence-corrected chi connectivity index (χ0v) is 14.0. The Balaban J connectivity index is 1.58. The van der Waals surface area contributed by atoms with Crippen LogP contribution in [-0.4, -0.2) is 23.1 Å². The number of fused-ring (bicyclic) bond motifs is 1. The van der Waals surface area contributed by atoms with Gasteiger partial charge in [-0.2, -0.15) is 0 Å². The smallest absolute Gasteiger partial charge is 0.312 e. The average molecular weight is 338 g/mol. The van der Waals surface area contributed by atoms with Gasteiger partial charge in [-0.25, -0.2) is 0 Å². The maximum absolute atomic E-state index is 12.1. The second-order valence-electron chi connectivity index (χ2n) is 5.79. The van der Waals surface area contributed by atoms with Crippen molar-refractivity contribution in [1.82, 2.24) is 5.16 Å². The minimum atomic E-state index is -0.910. The van der Waals surface area contributed by atoms with Gasteiger partial charge in [0.25, 0.3) is 5.91 Å². The lowest BCUT2D eigenvalue weighted by Gasteiger charge is -2.13. The lowest BCUT2D eigenvalue weighted by atomic mass is 10.2. The molecule has 1 amide bonds. The highest BCUT2D eigenvalue weighted by atomic mass is 16.5. The quantitative estimate of drug-likeness (QED) is 0.722. The number of rotatable bonds is 5. The van der Waals surface area contributed by atoms with Crippen LogP contribution < -0.4 is 5.32 Å². The second-order valence-corrected chi connectivity index (χ2v) is 5.79. The lowest BCUT2D eigenvalue weighted by Crippen LogP contribution is -2.30. The Bertz CT molecular complexity index is 899. The molecular weight excluding hydrogens is 320 g/mol. The predicted molar refractivity (Wildman–Crippen MR) is 93.1 cm³/mol. The first-order chi connectivity index (χ1) is 12.0. The van der Waals surface area contributed by atoms with E-state index in [-0.39, 0.29) is 12.3 Å². The van der Waals surface area contributed by atoms with Crippen LogP contribution >= 0.6 is 0 Å². The molecule has 1 atom stereocenters. The van der Waals surface area contributed by atoms with Crippen LogP contribution in [0, 0.1) is 6.92 Å². The molecule has 0 radical (unpaired) electrons. The average Bonchev–Trinajstić information content (AvgIpc) is 3.00. The maximum atomic E-state index is 12.1. The highest BCUT2D eigenvalue weighted by Crippen LogP contribution is 2.18. The first-order valence-electron chi connectivity index (χ1n) is 7.93. The van der Waals surface area contributed by atoms with Crippen LogP contribution in [0.4, 0.5) is 5.69 Å². The minimum Gasteiger partial charge on any atom is -0.452 e. The van der Waals surface area contributed by atoms with Gasteiger partial charge in [-0.3, -0.25) is 9.59 Å². The first-order valence-corrected chi connectivity index (χ1v) is 7.93. The monoisotopic (exact) mass is 338 g/mol. The van der Waals surface area contributed by atoms with Gasteiger partial charge in [0, 0.05) is 11.1 Å². The minimum absolute atomic E-state index is 0.0564. The number of ether oxygens (including phenoxy) is 1. The van der Waals surface area contributed by atoms with E-state index < -0.39 is 12.1 Å². The van der Waals surface area contributed by atoms with Gasteiger partial charge in [0.1, 0.15) is 5.69 Å². The van der Waals surface area contributed by atoms with Crippen LogP contribution in [0.5, 0.6) is 0 Å². The number of hydrogen-bond acceptors (Lipinski definition) is 5. The Morgan fingerprint density at radius 1 is 1.16 bits per heavy atom. The summed E-state index contributed by atoms with van der Waals surface area (Å²) in [6, 6.07) is 14.6. The van der Waals surface area contributed by atoms with Gasteiger partial charge in [-0.1, -0.05) is 35.0 Å². The maximum Gasteiger partial charge on any atom is 0.312 e. The summed E-state index contributed by atoms with van der Waals surface area (Å²) in [6.45, 7) is 3.49. The van der Waals surface area contributed by atoms with E-state index in [1.54, 1.807) is 18.2 Å². The topological polar surface area (TPSA) is 81.4 Å². The fraction of sp³-hybridized carbons (Fsp3) is 0.211. The van der Waals surface area contributed by atoms with Gasteiger partial charge in [0.15, 0.2) is 11.7 Å². The van der Waals surface area contributed by atoms with Crippen molar-refractivity contribution in [2.24, 2.45) is 0 Å². The number of nitrogens with zero attached hydrogens (tertiary/aromatic N) is 1. The molecule has 0 aliphatic heterocycles. The number of anilines is 1. The van der Waals surface area contributed by atoms with Crippen molar-refractivity contribution in [2.75, 3.05) is 5.32 Å². The number of carbonyl (C=O) groups is 2. The molecule has 1 heterocycles. The molecule has 3 aromatic rings. The molecule has 0 saturated carbocycles. The Labute approximate surface area is 144 Å². The van der Waals surface area contributed by atoms with Crippen LogP contribution in [0.15, 0.2) is 53.1 Å². The molecule has 128 valence electrons. The normalized spacial score (nSPS) is 11.9. The number of aryl methyl sites for hydroxylation is 1. The van der Waals surface area contributed by atoms with Gasteiger partial charge in [0.2, 0.25) is 0 Å². The summed E-state index contributed by atoms with van der Waals surface area (Å²) in [5.41, 5.74) is 2.85. The molecule has 6 heteroatoms. The van der Waals surface area contributed by atoms with Crippen LogP contribution in [0.2, 0.25) is 0 Å². The summed E-state index contributed by atoms with van der Waals surface area (Å²) in [5, 5.41) is 7.36. The Morgan fingerprint density at radius 3 is 2.64 bits per heavy atom. The van der Waals surface area contributed by atoms with Crippen molar-refractivity contribution in [3.05, 3.63) is 59.8 Å². The summed E-state index contributed by atoms with van der Waals surface area (Å²) in [7, 11) is 0. The van der Waals surface area contributed by atoms with Crippen molar-refractivity contribution >= 4 is 28.5 Å². The molecule has 0 unspecified atom stereocenters. The summed E-state index contributed by atoms with van der Waals surface area (Å²) < 4.78 is 10.4. The number of esters is 1. The molecular formula is C19H18N2O4. The third kappa shape index (κ3) is 4.03. The zero-order valence-electron chi connectivity index (χ0n) is 14.0. The summed E-state index contributed by atoms with van der Waals surface area (Å²) >= 11 is 0. The van der Waals surface area contributed by atoms with Crippen molar-refractivity contribution in [2.45, 2.75) is 26.4 Å². The highest BCUT2D eigenvalue weighted by molar-refractivity contribution is 5.95. The van der Waals surface area contributed by atoms with E-state index in [1.165, 1.54) is 6.92 Å². The lowest BCUT2D eigenvalue weighted by molar-refractivity contribution is -0.152. The van der Waals surface area contributed by atoms with E-state index in [0.29, 0.717) is 17.0 Å². The van der Waals surface area contributed by atoms with Gasteiger partial charge >= 0.3 is 5.97 Å². The summed E-state index contributed by atoms with van der Waals surface area (Å²) in [5.74, 6) is -0.923. The summed E-state index contributed by atoms with van der Waals surface area (Å²) in [4.78, 5) is 24.2. The van der Waals surface area contributed by atoms with Crippen molar-refractivity contribution in [3.63, 3.8) is 0 Å². The predicted octanol–water partition coefficient (Wildman–Crippen LogP) is 3.25. The molecule has 0 bridgehead atoms. The van der Waals surface area contributed by atoms with Gasteiger partial charge in [-0.15, -0.1) is 0 Å². The molecule has 0 spiro atoms. The van der Waals surface area contributed by atoms with Crippen molar-refractivity contribution in [3.8, 4) is 0 Å². The molecule has 0 aliphatic carbocycles. The van der Waals surface area contributed by atoms with Gasteiger partial charge in [0.05, 0.1) is 6.42 Å². The highest BCUT2D eigenvalue weighted by Gasteiger charge is 2.20. The number of para-hydroxylation sites is 1. The molecule has 1 aromatic heterocycles. The molecule has 3 rings (SSSR count). The Kier molecular flexibility index (Phi) is 4.79. The Hall–Kier alpha value is -3.15. The van der Waals surface area contributed by atoms with Crippen LogP contribution in [0.25, 0.3) is 11.0 Å². The van der Waals surface area contributed by atoms with Crippen LogP contribution in [0.1, 0.15) is 18.2 Å². The zero-order chi connectivity index (χ0) is 17.8. The van der Waals surface area contributed by atoms with E-state index in [1.807, 2.05) is 37.3 Å². The third-order valence-corrected chi connectivity index (χ3v) is 3.76. The number of amides is 1. The van der Waals surface area contributed by atoms with Crippen molar-refractivity contribution in [1.29, 1.82) is 0 Å². The number of carbonyl (C=O) groups excluding carboxylic acids is 2. The van der Waals surface area contributed by atoms with Gasteiger partial charge in [-0.05, 0) is 38.1 Å². The standard InChI is InChI=1S/C19H18N2O4/c1-12-7-9-14(10-8-12)20-19(23)13(2)24-18(22)11-16-15-5-3-4-6-17(15)25-21-16/h3-10,13H,11H2,1-2H3,(H,20,23)/t13-/m1/s1. The summed E-state index contributed by atoms with van der Waals surface area (Å²) in [6.07, 6.45) is -0.967. The largest absolute Gasteiger partial charge is 0.452 e. The second kappa shape index (κ2) is 7.17. The fourth-order valence-corrected chi connectivity index (χ4v) is 2.38. The molecule has 0 aliphatic rings. The first kappa shape index (κ1) is 16.7. The number of benzene rings is 2. The number of aromatic nitrogens is 1. The fourth-order valence-electron chi connectivity index (χ4n) is 2.38. The van der Waals surface area contributed by atoms with E-state index >= 15 is 0 Å². The third-order valence-electron chi connectivity index (χ3n) is 3.76. The van der Waals surface area contributed by atoms with Crippen LogP contribution in [0.3, 0.4) is 0 Å². The molecule has 25 heavy (non-hydrogen) atoms. The molecule has 0 saturated heterocycles. The molecule has 2 aromatic carbocycles. The SMILES string of the molecule is Cc1ccc(NC(=O)[C@@H](C)OC(=O)Cc2noc3ccccc23)cc1. The van der Waals surface area contributed by atoms with Crippen LogP contribution in [-0.2, 0) is 20.7 Å². The van der Waals surface area contributed by atoms with E-state index in [4.69, 9.17) is 9.26 Å². The molecule has 1 N–H and O–H groups in total. The Morgan fingerprint density at radius 2 is 1.88 bits per heavy atom. The number of hydrogen-bond donors (Lipinski definition) is 1. The van der Waals surface area contributed by atoms with E-state index in [9.17, 15) is 9.59 Å². The molecule has 6 nitrogen and oxygen atoms in total. The van der Waals surface area contributed by atoms with E-state index in [2.05, 4.69) is 10.5 Å². The number of nitrogens with one attached hydrogen (secondary N) is 1. The van der Waals surface area contributed by atoms with Gasteiger partial charge < -0.3 is 14.6 Å². The van der Waals surface area contributed by atoms with E-state index in [0.717, 1.165) is 10.9 Å².